The molecule has 0 saturated carbocycles. The highest BCUT2D eigenvalue weighted by atomic mass is 32.2. The molecule has 1 aliphatic heterocycles. The van der Waals surface area contributed by atoms with Crippen molar-refractivity contribution in [2.45, 2.75) is 38.6 Å². The Kier molecular flexibility index (Phi) is 5.60. The second-order valence-corrected chi connectivity index (χ2v) is 7.89. The molecule has 126 valence electrons. The molecule has 1 aromatic heterocycles. The van der Waals surface area contributed by atoms with Crippen LogP contribution in [0.4, 0.5) is 0 Å². The molecular formula is C14H27N5O2S. The summed E-state index contributed by atoms with van der Waals surface area (Å²) < 4.78 is 30.6. The van der Waals surface area contributed by atoms with Crippen LogP contribution in [-0.2, 0) is 17.3 Å². The Morgan fingerprint density at radius 2 is 1.95 bits per heavy atom. The molecule has 0 aromatic carbocycles. The zero-order valence-electron chi connectivity index (χ0n) is 13.6. The van der Waals surface area contributed by atoms with Gasteiger partial charge in [0.25, 0.3) is 10.2 Å². The number of imidazole rings is 1. The first kappa shape index (κ1) is 17.4. The molecule has 8 heteroatoms. The molecule has 2 rings (SSSR count). The highest BCUT2D eigenvalue weighted by molar-refractivity contribution is 7.86. The summed E-state index contributed by atoms with van der Waals surface area (Å²) in [6.07, 6.45) is 5.25. The van der Waals surface area contributed by atoms with Crippen molar-refractivity contribution in [3.63, 3.8) is 0 Å². The van der Waals surface area contributed by atoms with E-state index in [1.54, 1.807) is 10.6 Å². The average molecular weight is 329 g/mol. The molecule has 2 heterocycles. The largest absolute Gasteiger partial charge is 0.340 e. The van der Waals surface area contributed by atoms with E-state index in [1.165, 1.54) is 4.31 Å². The van der Waals surface area contributed by atoms with E-state index in [0.29, 0.717) is 26.2 Å². The van der Waals surface area contributed by atoms with Gasteiger partial charge in [0, 0.05) is 51.4 Å². The van der Waals surface area contributed by atoms with Gasteiger partial charge >= 0.3 is 0 Å². The third kappa shape index (κ3) is 3.51. The lowest BCUT2D eigenvalue weighted by molar-refractivity contribution is 0.356. The van der Waals surface area contributed by atoms with Crippen molar-refractivity contribution in [2.24, 2.45) is 12.8 Å². The summed E-state index contributed by atoms with van der Waals surface area (Å²) in [6.45, 7) is 5.85. The van der Waals surface area contributed by atoms with Crippen LogP contribution in [0.1, 0.15) is 38.3 Å². The minimum Gasteiger partial charge on any atom is -0.340 e. The quantitative estimate of drug-likeness (QED) is 0.790. The third-order valence-corrected chi connectivity index (χ3v) is 6.00. The van der Waals surface area contributed by atoms with Crippen LogP contribution in [0.15, 0.2) is 12.5 Å². The van der Waals surface area contributed by atoms with Gasteiger partial charge in [-0.3, -0.25) is 0 Å². The first-order valence-corrected chi connectivity index (χ1v) is 9.28. The zero-order chi connectivity index (χ0) is 16.3. The van der Waals surface area contributed by atoms with Crippen molar-refractivity contribution in [1.82, 2.24) is 18.2 Å². The molecule has 1 fully saturated rings. The average Bonchev–Trinajstić information content (AvgIpc) is 3.04. The van der Waals surface area contributed by atoms with Crippen LogP contribution < -0.4 is 5.73 Å². The predicted octanol–water partition coefficient (Wildman–Crippen LogP) is 0.513. The standard InChI is InChI=1S/C14H27N5O2S/c1-4-6-18(7-5-2)22(20,21)19-8-12(13(15)9-19)14-10-17(3)11-16-14/h10-13H,4-9,15H2,1-3H3/t12-,13-/m1/s1. The van der Waals surface area contributed by atoms with Gasteiger partial charge in [0.15, 0.2) is 0 Å². The van der Waals surface area contributed by atoms with Gasteiger partial charge in [0.1, 0.15) is 0 Å². The predicted molar refractivity (Wildman–Crippen MR) is 86.6 cm³/mol. The summed E-state index contributed by atoms with van der Waals surface area (Å²) in [6, 6.07) is -0.213. The lowest BCUT2D eigenvalue weighted by atomic mass is 10.0. The second-order valence-electron chi connectivity index (χ2n) is 5.96. The van der Waals surface area contributed by atoms with Crippen LogP contribution in [0.25, 0.3) is 0 Å². The van der Waals surface area contributed by atoms with Crippen molar-refractivity contribution < 1.29 is 8.42 Å². The highest BCUT2D eigenvalue weighted by Crippen LogP contribution is 2.28. The number of nitrogens with two attached hydrogens (primary N) is 1. The molecule has 1 saturated heterocycles. The number of hydrogen-bond donors (Lipinski definition) is 1. The minimum absolute atomic E-state index is 0.0407. The smallest absolute Gasteiger partial charge is 0.282 e. The molecular weight excluding hydrogens is 302 g/mol. The Morgan fingerprint density at radius 1 is 1.32 bits per heavy atom. The van der Waals surface area contributed by atoms with E-state index in [-0.39, 0.29) is 12.0 Å². The Balaban J connectivity index is 2.16. The van der Waals surface area contributed by atoms with E-state index in [4.69, 9.17) is 5.73 Å². The van der Waals surface area contributed by atoms with Gasteiger partial charge in [0.05, 0.1) is 12.0 Å². The SMILES string of the molecule is CCCN(CCC)S(=O)(=O)N1C[C@@H](N)[C@H](c2cn(C)cn2)C1. The lowest BCUT2D eigenvalue weighted by Crippen LogP contribution is -2.44. The molecule has 2 N–H and O–H groups in total. The monoisotopic (exact) mass is 329 g/mol. The Bertz CT molecular complexity index is 580. The Morgan fingerprint density at radius 3 is 2.45 bits per heavy atom. The fraction of sp³-hybridized carbons (Fsp3) is 0.786. The van der Waals surface area contributed by atoms with Gasteiger partial charge in [-0.25, -0.2) is 4.98 Å². The topological polar surface area (TPSA) is 84.5 Å². The molecule has 0 spiro atoms. The van der Waals surface area contributed by atoms with Crippen LogP contribution in [0.5, 0.6) is 0 Å². The second kappa shape index (κ2) is 7.08. The number of nitrogens with zero attached hydrogens (tertiary/aromatic N) is 4. The first-order chi connectivity index (χ1) is 10.4. The summed E-state index contributed by atoms with van der Waals surface area (Å²) in [7, 11) is -1.54. The van der Waals surface area contributed by atoms with E-state index in [1.807, 2.05) is 31.7 Å². The van der Waals surface area contributed by atoms with Crippen molar-refractivity contribution in [3.05, 3.63) is 18.2 Å². The summed E-state index contributed by atoms with van der Waals surface area (Å²) in [5.41, 5.74) is 7.05. The maximum Gasteiger partial charge on any atom is 0.282 e. The van der Waals surface area contributed by atoms with Gasteiger partial charge < -0.3 is 10.3 Å². The zero-order valence-corrected chi connectivity index (χ0v) is 14.5. The molecule has 1 aliphatic rings. The van der Waals surface area contributed by atoms with Crippen LogP contribution >= 0.6 is 0 Å². The van der Waals surface area contributed by atoms with Gasteiger partial charge in [0.2, 0.25) is 0 Å². The number of hydrogen-bond acceptors (Lipinski definition) is 4. The molecule has 22 heavy (non-hydrogen) atoms. The molecule has 0 unspecified atom stereocenters. The third-order valence-electron chi connectivity index (χ3n) is 4.03. The Hall–Kier alpha value is -0.960. The van der Waals surface area contributed by atoms with Crippen molar-refractivity contribution in [3.8, 4) is 0 Å². The lowest BCUT2D eigenvalue weighted by Gasteiger charge is -2.26. The van der Waals surface area contributed by atoms with E-state index in [0.717, 1.165) is 18.5 Å². The van der Waals surface area contributed by atoms with E-state index < -0.39 is 10.2 Å². The van der Waals surface area contributed by atoms with Crippen LogP contribution in [-0.4, -0.2) is 58.8 Å². The van der Waals surface area contributed by atoms with Crippen LogP contribution in [0, 0.1) is 0 Å². The molecule has 0 amide bonds. The van der Waals surface area contributed by atoms with Crippen LogP contribution in [0.3, 0.4) is 0 Å². The Labute approximate surface area is 133 Å². The van der Waals surface area contributed by atoms with Gasteiger partial charge in [-0.1, -0.05) is 13.8 Å². The molecule has 0 radical (unpaired) electrons. The normalized spacial score (nSPS) is 23.5. The van der Waals surface area contributed by atoms with E-state index in [2.05, 4.69) is 4.98 Å². The summed E-state index contributed by atoms with van der Waals surface area (Å²) in [5.74, 6) is -0.0407. The molecule has 0 bridgehead atoms. The van der Waals surface area contributed by atoms with Crippen molar-refractivity contribution >= 4 is 10.2 Å². The van der Waals surface area contributed by atoms with Crippen LogP contribution in [0.2, 0.25) is 0 Å². The first-order valence-electron chi connectivity index (χ1n) is 7.88. The maximum atomic E-state index is 12.8. The number of aryl methyl sites for hydroxylation is 1. The fourth-order valence-corrected chi connectivity index (χ4v) is 4.78. The summed E-state index contributed by atoms with van der Waals surface area (Å²) in [5, 5.41) is 0. The maximum absolute atomic E-state index is 12.8. The minimum atomic E-state index is -3.44. The highest BCUT2D eigenvalue weighted by Gasteiger charge is 2.40. The molecule has 1 aromatic rings. The van der Waals surface area contributed by atoms with Gasteiger partial charge in [-0.15, -0.1) is 0 Å². The number of aromatic nitrogens is 2. The molecule has 2 atom stereocenters. The summed E-state index contributed by atoms with van der Waals surface area (Å²) in [4.78, 5) is 4.33. The van der Waals surface area contributed by atoms with Crippen molar-refractivity contribution in [1.29, 1.82) is 0 Å². The van der Waals surface area contributed by atoms with E-state index in [9.17, 15) is 8.42 Å². The van der Waals surface area contributed by atoms with Gasteiger partial charge in [-0.2, -0.15) is 17.0 Å². The van der Waals surface area contributed by atoms with Gasteiger partial charge in [-0.05, 0) is 12.8 Å². The number of rotatable bonds is 7. The molecule has 0 aliphatic carbocycles. The van der Waals surface area contributed by atoms with E-state index >= 15 is 0 Å². The fourth-order valence-electron chi connectivity index (χ4n) is 2.92. The van der Waals surface area contributed by atoms with Crippen molar-refractivity contribution in [2.75, 3.05) is 26.2 Å². The summed E-state index contributed by atoms with van der Waals surface area (Å²) >= 11 is 0. The molecule has 7 nitrogen and oxygen atoms in total.